The first kappa shape index (κ1) is 12.4. The van der Waals surface area contributed by atoms with Crippen molar-refractivity contribution in [2.75, 3.05) is 19.6 Å². The molecule has 3 rings (SSSR count). The molecule has 6 nitrogen and oxygen atoms in total. The van der Waals surface area contributed by atoms with Crippen LogP contribution in [0.25, 0.3) is 0 Å². The zero-order valence-electron chi connectivity index (χ0n) is 11.1. The maximum absolute atomic E-state index is 5.38. The minimum Gasteiger partial charge on any atom is -0.468 e. The third-order valence-corrected chi connectivity index (χ3v) is 3.57. The molecule has 0 radical (unpaired) electrons. The summed E-state index contributed by atoms with van der Waals surface area (Å²) in [7, 11) is 0. The number of aromatic nitrogens is 3. The van der Waals surface area contributed by atoms with Crippen molar-refractivity contribution in [1.29, 1.82) is 0 Å². The van der Waals surface area contributed by atoms with Gasteiger partial charge in [0.15, 0.2) is 0 Å². The third kappa shape index (κ3) is 2.85. The van der Waals surface area contributed by atoms with Gasteiger partial charge in [0.05, 0.1) is 18.8 Å². The van der Waals surface area contributed by atoms with Gasteiger partial charge < -0.3 is 14.3 Å². The average molecular weight is 261 g/mol. The maximum atomic E-state index is 5.38. The van der Waals surface area contributed by atoms with E-state index >= 15 is 0 Å². The molecule has 1 aliphatic heterocycles. The van der Waals surface area contributed by atoms with Crippen LogP contribution in [0.5, 0.6) is 0 Å². The Morgan fingerprint density at radius 2 is 2.42 bits per heavy atom. The van der Waals surface area contributed by atoms with E-state index in [4.69, 9.17) is 4.42 Å². The van der Waals surface area contributed by atoms with Crippen molar-refractivity contribution in [2.45, 2.75) is 26.1 Å². The van der Waals surface area contributed by atoms with Crippen LogP contribution in [0, 0.1) is 0 Å². The molecule has 1 N–H and O–H groups in total. The largest absolute Gasteiger partial charge is 0.468 e. The summed E-state index contributed by atoms with van der Waals surface area (Å²) in [4.78, 5) is 2.39. The molecule has 1 aliphatic rings. The van der Waals surface area contributed by atoms with Gasteiger partial charge in [-0.15, -0.1) is 10.2 Å². The Bertz CT molecular complexity index is 507. The molecule has 1 unspecified atom stereocenters. The molecule has 1 atom stereocenters. The van der Waals surface area contributed by atoms with Crippen LogP contribution in [-0.2, 0) is 13.1 Å². The van der Waals surface area contributed by atoms with Gasteiger partial charge in [-0.05, 0) is 19.1 Å². The fourth-order valence-corrected chi connectivity index (χ4v) is 2.38. The number of hydrogen-bond acceptors (Lipinski definition) is 5. The van der Waals surface area contributed by atoms with E-state index in [-0.39, 0.29) is 6.04 Å². The summed E-state index contributed by atoms with van der Waals surface area (Å²) in [6.07, 6.45) is 3.52. The van der Waals surface area contributed by atoms with Crippen molar-refractivity contribution in [1.82, 2.24) is 25.0 Å². The Morgan fingerprint density at radius 3 is 3.26 bits per heavy atom. The molecule has 102 valence electrons. The summed E-state index contributed by atoms with van der Waals surface area (Å²) < 4.78 is 7.50. The molecule has 0 aliphatic carbocycles. The maximum Gasteiger partial charge on any atom is 0.147 e. The number of rotatable bonds is 5. The monoisotopic (exact) mass is 261 g/mol. The molecule has 0 amide bonds. The van der Waals surface area contributed by atoms with Crippen molar-refractivity contribution < 1.29 is 4.42 Å². The first-order chi connectivity index (χ1) is 9.33. The minimum absolute atomic E-state index is 0.253. The van der Waals surface area contributed by atoms with E-state index < -0.39 is 0 Å². The van der Waals surface area contributed by atoms with Gasteiger partial charge in [0.25, 0.3) is 0 Å². The van der Waals surface area contributed by atoms with E-state index in [2.05, 4.69) is 31.9 Å². The van der Waals surface area contributed by atoms with Crippen molar-refractivity contribution in [2.24, 2.45) is 0 Å². The summed E-state index contributed by atoms with van der Waals surface area (Å²) in [5.41, 5.74) is 0. The van der Waals surface area contributed by atoms with Gasteiger partial charge in [0, 0.05) is 26.2 Å². The van der Waals surface area contributed by atoms with Crippen LogP contribution >= 0.6 is 0 Å². The van der Waals surface area contributed by atoms with Crippen molar-refractivity contribution >= 4 is 0 Å². The van der Waals surface area contributed by atoms with Gasteiger partial charge in [-0.2, -0.15) is 0 Å². The molecular formula is C13H19N5O. The zero-order valence-corrected chi connectivity index (χ0v) is 11.1. The van der Waals surface area contributed by atoms with Crippen LogP contribution in [0.1, 0.15) is 24.6 Å². The zero-order chi connectivity index (χ0) is 13.1. The predicted octanol–water partition coefficient (Wildman–Crippen LogP) is 1.04. The first-order valence-electron chi connectivity index (χ1n) is 6.69. The lowest BCUT2D eigenvalue weighted by Crippen LogP contribution is -2.38. The van der Waals surface area contributed by atoms with Crippen LogP contribution in [0.15, 0.2) is 29.1 Å². The molecule has 2 aromatic heterocycles. The van der Waals surface area contributed by atoms with Gasteiger partial charge in [0.2, 0.25) is 0 Å². The Hall–Kier alpha value is -1.66. The van der Waals surface area contributed by atoms with E-state index in [0.717, 1.165) is 44.3 Å². The highest BCUT2D eigenvalue weighted by Gasteiger charge is 2.17. The van der Waals surface area contributed by atoms with Crippen LogP contribution in [-0.4, -0.2) is 39.3 Å². The molecule has 0 bridgehead atoms. The first-order valence-corrected chi connectivity index (χ1v) is 6.69. The molecule has 6 heteroatoms. The van der Waals surface area contributed by atoms with E-state index in [0.29, 0.717) is 0 Å². The van der Waals surface area contributed by atoms with Crippen molar-refractivity contribution in [3.05, 3.63) is 36.3 Å². The van der Waals surface area contributed by atoms with E-state index in [1.807, 2.05) is 18.5 Å². The Labute approximate surface area is 112 Å². The number of nitrogens with zero attached hydrogens (tertiary/aromatic N) is 4. The molecule has 3 heterocycles. The Balaban J connectivity index is 1.44. The minimum atomic E-state index is 0.253. The van der Waals surface area contributed by atoms with Crippen LogP contribution in [0.4, 0.5) is 0 Å². The molecule has 2 aromatic rings. The lowest BCUT2D eigenvalue weighted by Gasteiger charge is -2.27. The van der Waals surface area contributed by atoms with Crippen LogP contribution in [0.3, 0.4) is 0 Å². The second-order valence-corrected chi connectivity index (χ2v) is 4.91. The van der Waals surface area contributed by atoms with Crippen LogP contribution in [0.2, 0.25) is 0 Å². The molecule has 0 saturated carbocycles. The number of fused-ring (bicyclic) bond motifs is 1. The SMILES string of the molecule is CC(NCCN1CCn2cnnc2C1)c1ccco1. The summed E-state index contributed by atoms with van der Waals surface area (Å²) >= 11 is 0. The molecule has 0 fully saturated rings. The van der Waals surface area contributed by atoms with Crippen LogP contribution < -0.4 is 5.32 Å². The Kier molecular flexibility index (Phi) is 3.61. The van der Waals surface area contributed by atoms with E-state index in [1.165, 1.54) is 0 Å². The van der Waals surface area contributed by atoms with Crippen molar-refractivity contribution in [3.63, 3.8) is 0 Å². The van der Waals surface area contributed by atoms with Gasteiger partial charge in [-0.3, -0.25) is 4.90 Å². The van der Waals surface area contributed by atoms with E-state index in [1.54, 1.807) is 6.26 Å². The Morgan fingerprint density at radius 1 is 1.47 bits per heavy atom. The predicted molar refractivity (Wildman–Crippen MR) is 70.4 cm³/mol. The van der Waals surface area contributed by atoms with Gasteiger partial charge in [-0.25, -0.2) is 0 Å². The second kappa shape index (κ2) is 5.54. The highest BCUT2D eigenvalue weighted by molar-refractivity contribution is 5.02. The summed E-state index contributed by atoms with van der Waals surface area (Å²) in [6.45, 7) is 6.99. The molecule has 0 aromatic carbocycles. The fraction of sp³-hybridized carbons (Fsp3) is 0.538. The summed E-state index contributed by atoms with van der Waals surface area (Å²) in [5, 5.41) is 11.5. The van der Waals surface area contributed by atoms with E-state index in [9.17, 15) is 0 Å². The molecule has 0 saturated heterocycles. The molecule has 19 heavy (non-hydrogen) atoms. The summed E-state index contributed by atoms with van der Waals surface area (Å²) in [5.74, 6) is 2.05. The number of nitrogens with one attached hydrogen (secondary N) is 1. The van der Waals surface area contributed by atoms with Crippen molar-refractivity contribution in [3.8, 4) is 0 Å². The quantitative estimate of drug-likeness (QED) is 0.871. The third-order valence-electron chi connectivity index (χ3n) is 3.57. The van der Waals surface area contributed by atoms with Gasteiger partial charge in [-0.1, -0.05) is 0 Å². The second-order valence-electron chi connectivity index (χ2n) is 4.91. The standard InChI is InChI=1S/C13H19N5O/c1-11(12-3-2-8-19-12)14-4-5-17-6-7-18-10-15-16-13(18)9-17/h2-3,8,10-11,14H,4-7,9H2,1H3. The highest BCUT2D eigenvalue weighted by atomic mass is 16.3. The topological polar surface area (TPSA) is 59.1 Å². The lowest BCUT2D eigenvalue weighted by atomic mass is 10.2. The lowest BCUT2D eigenvalue weighted by molar-refractivity contribution is 0.214. The summed E-state index contributed by atoms with van der Waals surface area (Å²) in [6, 6.07) is 4.18. The smallest absolute Gasteiger partial charge is 0.147 e. The fourth-order valence-electron chi connectivity index (χ4n) is 2.38. The normalized spacial score (nSPS) is 17.3. The van der Waals surface area contributed by atoms with Gasteiger partial charge >= 0.3 is 0 Å². The molecule has 0 spiro atoms. The molecular weight excluding hydrogens is 242 g/mol. The highest BCUT2D eigenvalue weighted by Crippen LogP contribution is 2.12. The number of furan rings is 1. The number of hydrogen-bond donors (Lipinski definition) is 1. The van der Waals surface area contributed by atoms with Gasteiger partial charge in [0.1, 0.15) is 17.9 Å². The average Bonchev–Trinajstić information content (AvgIpc) is 3.09.